The lowest BCUT2D eigenvalue weighted by Gasteiger charge is -2.36. The van der Waals surface area contributed by atoms with Crippen molar-refractivity contribution in [2.75, 3.05) is 0 Å². The molecule has 0 aromatic heterocycles. The van der Waals surface area contributed by atoms with E-state index in [1.807, 2.05) is 5.57 Å². The third kappa shape index (κ3) is 3.40. The van der Waals surface area contributed by atoms with Gasteiger partial charge in [0.2, 0.25) is 0 Å². The summed E-state index contributed by atoms with van der Waals surface area (Å²) >= 11 is 0. The second kappa shape index (κ2) is 6.65. The van der Waals surface area contributed by atoms with Gasteiger partial charge in [-0.2, -0.15) is 0 Å². The average Bonchev–Trinajstić information content (AvgIpc) is 2.89. The van der Waals surface area contributed by atoms with Crippen LogP contribution in [-0.2, 0) is 0 Å². The van der Waals surface area contributed by atoms with Crippen LogP contribution in [-0.4, -0.2) is 0 Å². The molecular formula is C24H40. The van der Waals surface area contributed by atoms with Crippen LogP contribution in [0.3, 0.4) is 0 Å². The van der Waals surface area contributed by atoms with Gasteiger partial charge in [-0.1, -0.05) is 66.2 Å². The van der Waals surface area contributed by atoms with Gasteiger partial charge in [-0.15, -0.1) is 0 Å². The van der Waals surface area contributed by atoms with Gasteiger partial charge >= 0.3 is 0 Å². The Labute approximate surface area is 151 Å². The number of rotatable bonds is 5. The van der Waals surface area contributed by atoms with Gasteiger partial charge < -0.3 is 0 Å². The van der Waals surface area contributed by atoms with E-state index in [9.17, 15) is 0 Å². The molecule has 1 fully saturated rings. The van der Waals surface area contributed by atoms with Gasteiger partial charge in [0, 0.05) is 5.92 Å². The minimum absolute atomic E-state index is 0.415. The number of hydrogen-bond acceptors (Lipinski definition) is 0. The zero-order chi connectivity index (χ0) is 17.6. The van der Waals surface area contributed by atoms with Crippen molar-refractivity contribution in [2.45, 2.75) is 80.6 Å². The lowest BCUT2D eigenvalue weighted by atomic mass is 9.68. The Kier molecular flexibility index (Phi) is 5.07. The molecule has 0 aromatic carbocycles. The predicted octanol–water partition coefficient (Wildman–Crippen LogP) is 7.27. The summed E-state index contributed by atoms with van der Waals surface area (Å²) in [5, 5.41) is 0. The second-order valence-electron chi connectivity index (χ2n) is 10.6. The van der Waals surface area contributed by atoms with E-state index in [2.05, 4.69) is 60.6 Å². The Morgan fingerprint density at radius 1 is 1.04 bits per heavy atom. The Morgan fingerprint density at radius 2 is 1.75 bits per heavy atom. The zero-order valence-corrected chi connectivity index (χ0v) is 17.2. The van der Waals surface area contributed by atoms with Gasteiger partial charge in [-0.25, -0.2) is 0 Å². The molecular weight excluding hydrogens is 288 g/mol. The summed E-state index contributed by atoms with van der Waals surface area (Å²) in [6.07, 6.45) is 12.2. The van der Waals surface area contributed by atoms with Crippen LogP contribution in [0.4, 0.5) is 0 Å². The largest absolute Gasteiger partial charge is 0.0768 e. The summed E-state index contributed by atoms with van der Waals surface area (Å²) in [5.74, 6) is 6.18. The summed E-state index contributed by atoms with van der Waals surface area (Å²) in [6, 6.07) is 0. The summed E-state index contributed by atoms with van der Waals surface area (Å²) in [6.45, 7) is 17.1. The van der Waals surface area contributed by atoms with Gasteiger partial charge in [0.05, 0.1) is 0 Å². The van der Waals surface area contributed by atoms with Crippen LogP contribution in [0.25, 0.3) is 0 Å². The van der Waals surface area contributed by atoms with Crippen molar-refractivity contribution in [2.24, 2.45) is 46.8 Å². The minimum Gasteiger partial charge on any atom is -0.0768 e. The van der Waals surface area contributed by atoms with E-state index in [4.69, 9.17) is 0 Å². The van der Waals surface area contributed by atoms with Crippen molar-refractivity contribution in [1.82, 2.24) is 0 Å². The highest BCUT2D eigenvalue weighted by Gasteiger charge is 2.53. The molecule has 0 aliphatic heterocycles. The van der Waals surface area contributed by atoms with Crippen molar-refractivity contribution >= 4 is 0 Å². The molecule has 0 spiro atoms. The van der Waals surface area contributed by atoms with Gasteiger partial charge in [0.1, 0.15) is 0 Å². The van der Waals surface area contributed by atoms with Crippen LogP contribution in [0.1, 0.15) is 80.6 Å². The summed E-state index contributed by atoms with van der Waals surface area (Å²) in [5.41, 5.74) is 3.99. The lowest BCUT2D eigenvalue weighted by molar-refractivity contribution is 0.262. The normalized spacial score (nSPS) is 38.6. The van der Waals surface area contributed by atoms with Crippen molar-refractivity contribution in [3.05, 3.63) is 23.3 Å². The van der Waals surface area contributed by atoms with Crippen LogP contribution in [0.5, 0.6) is 0 Å². The molecule has 0 radical (unpaired) electrons. The standard InChI is InChI=1S/C24H40/c1-15(2)12-21-19-8-9-20-18(17(5)6)10-11-23(20)24(7,13-16(3)4)14-22(19)21/h10-11,15-19,21-22H,8-9,12-14H2,1-7H3. The molecule has 136 valence electrons. The van der Waals surface area contributed by atoms with Crippen molar-refractivity contribution in [3.8, 4) is 0 Å². The molecule has 0 aromatic rings. The minimum atomic E-state index is 0.415. The van der Waals surface area contributed by atoms with E-state index >= 15 is 0 Å². The van der Waals surface area contributed by atoms with E-state index in [0.717, 1.165) is 35.5 Å². The first-order valence-electron chi connectivity index (χ1n) is 10.6. The molecule has 0 saturated heterocycles. The Bertz CT molecular complexity index is 518. The molecule has 3 rings (SSSR count). The topological polar surface area (TPSA) is 0 Å². The fraction of sp³-hybridized carbons (Fsp3) is 0.833. The first-order valence-corrected chi connectivity index (χ1v) is 10.6. The maximum atomic E-state index is 2.60. The highest BCUT2D eigenvalue weighted by molar-refractivity contribution is 5.42. The molecule has 0 heteroatoms. The molecule has 0 amide bonds. The molecule has 0 nitrogen and oxygen atoms in total. The van der Waals surface area contributed by atoms with Gasteiger partial charge in [-0.05, 0) is 78.6 Å². The van der Waals surface area contributed by atoms with Crippen LogP contribution in [0.2, 0.25) is 0 Å². The second-order valence-corrected chi connectivity index (χ2v) is 10.6. The number of allylic oxidation sites excluding steroid dienone is 4. The quantitative estimate of drug-likeness (QED) is 0.498. The molecule has 0 bridgehead atoms. The van der Waals surface area contributed by atoms with Crippen LogP contribution >= 0.6 is 0 Å². The Morgan fingerprint density at radius 3 is 2.33 bits per heavy atom. The molecule has 0 heterocycles. The SMILES string of the molecule is CC(C)CC1C2CCC3=C(C=CC3C(C)C)C(C)(CC(C)C)CC21. The molecule has 1 saturated carbocycles. The molecule has 5 unspecified atom stereocenters. The first-order chi connectivity index (χ1) is 11.2. The number of hydrogen-bond donors (Lipinski definition) is 0. The van der Waals surface area contributed by atoms with Crippen molar-refractivity contribution in [3.63, 3.8) is 0 Å². The third-order valence-electron chi connectivity index (χ3n) is 7.13. The maximum Gasteiger partial charge on any atom is 0.000902 e. The average molecular weight is 329 g/mol. The lowest BCUT2D eigenvalue weighted by Crippen LogP contribution is -2.25. The van der Waals surface area contributed by atoms with Gasteiger partial charge in [0.25, 0.3) is 0 Å². The predicted molar refractivity (Wildman–Crippen MR) is 106 cm³/mol. The van der Waals surface area contributed by atoms with Crippen molar-refractivity contribution in [1.29, 1.82) is 0 Å². The van der Waals surface area contributed by atoms with Gasteiger partial charge in [0.15, 0.2) is 0 Å². The Balaban J connectivity index is 1.89. The van der Waals surface area contributed by atoms with E-state index < -0.39 is 0 Å². The monoisotopic (exact) mass is 328 g/mol. The third-order valence-corrected chi connectivity index (χ3v) is 7.13. The van der Waals surface area contributed by atoms with Crippen molar-refractivity contribution < 1.29 is 0 Å². The maximum absolute atomic E-state index is 2.60. The van der Waals surface area contributed by atoms with E-state index in [1.54, 1.807) is 5.57 Å². The van der Waals surface area contributed by atoms with E-state index in [-0.39, 0.29) is 0 Å². The summed E-state index contributed by atoms with van der Waals surface area (Å²) in [4.78, 5) is 0. The van der Waals surface area contributed by atoms with Gasteiger partial charge in [-0.3, -0.25) is 0 Å². The molecule has 3 aliphatic carbocycles. The molecule has 24 heavy (non-hydrogen) atoms. The van der Waals surface area contributed by atoms with E-state index in [1.165, 1.54) is 32.1 Å². The molecule has 0 N–H and O–H groups in total. The molecule has 5 atom stereocenters. The number of fused-ring (bicyclic) bond motifs is 1. The van der Waals surface area contributed by atoms with Crippen LogP contribution in [0, 0.1) is 46.8 Å². The highest BCUT2D eigenvalue weighted by atomic mass is 14.6. The Hall–Kier alpha value is -0.520. The van der Waals surface area contributed by atoms with Crippen LogP contribution < -0.4 is 0 Å². The molecule has 3 aliphatic rings. The smallest absolute Gasteiger partial charge is 0.000902 e. The summed E-state index contributed by atoms with van der Waals surface area (Å²) in [7, 11) is 0. The van der Waals surface area contributed by atoms with Crippen LogP contribution in [0.15, 0.2) is 23.3 Å². The van der Waals surface area contributed by atoms with E-state index in [0.29, 0.717) is 11.3 Å². The zero-order valence-electron chi connectivity index (χ0n) is 17.2. The first kappa shape index (κ1) is 18.3. The fourth-order valence-electron chi connectivity index (χ4n) is 6.31. The highest BCUT2D eigenvalue weighted by Crippen LogP contribution is 2.62. The fourth-order valence-corrected chi connectivity index (χ4v) is 6.31. The summed E-state index contributed by atoms with van der Waals surface area (Å²) < 4.78 is 0.